The molecule has 2 nitrogen and oxygen atoms in total. The molecule has 1 N–H and O–H groups in total. The summed E-state index contributed by atoms with van der Waals surface area (Å²) in [5, 5.41) is 11.0. The molecule has 1 heterocycles. The maximum Gasteiger partial charge on any atom is 0.312 e. The van der Waals surface area contributed by atoms with Gasteiger partial charge in [-0.15, -0.1) is 11.3 Å². The lowest BCUT2D eigenvalue weighted by Gasteiger charge is -2.15. The Bertz CT molecular complexity index is 302. The fourth-order valence-corrected chi connectivity index (χ4v) is 2.60. The maximum atomic E-state index is 11.0. The second kappa shape index (κ2) is 3.92. The van der Waals surface area contributed by atoms with Gasteiger partial charge in [0.2, 0.25) is 0 Å². The average Bonchev–Trinajstić information content (AvgIpc) is 2.35. The van der Waals surface area contributed by atoms with Gasteiger partial charge in [0.25, 0.3) is 0 Å². The number of rotatable bonds is 3. The molecule has 1 aromatic heterocycles. The van der Waals surface area contributed by atoms with Crippen LogP contribution < -0.4 is 0 Å². The standard InChI is InChI=1S/C10H14O2S/c1-6(2)8(10(11)12)9-7(3)4-5-13-9/h4-6,8H,1-3H3,(H,11,12). The van der Waals surface area contributed by atoms with E-state index in [1.54, 1.807) is 0 Å². The third kappa shape index (κ3) is 2.10. The van der Waals surface area contributed by atoms with E-state index in [2.05, 4.69) is 0 Å². The Morgan fingerprint density at radius 3 is 2.46 bits per heavy atom. The van der Waals surface area contributed by atoms with Gasteiger partial charge >= 0.3 is 5.97 Å². The third-order valence-corrected chi connectivity index (χ3v) is 3.22. The summed E-state index contributed by atoms with van der Waals surface area (Å²) >= 11 is 1.53. The molecule has 1 atom stereocenters. The Labute approximate surface area is 82.2 Å². The van der Waals surface area contributed by atoms with Crippen molar-refractivity contribution in [3.63, 3.8) is 0 Å². The van der Waals surface area contributed by atoms with Gasteiger partial charge < -0.3 is 5.11 Å². The zero-order valence-corrected chi connectivity index (χ0v) is 8.89. The lowest BCUT2D eigenvalue weighted by atomic mass is 9.93. The van der Waals surface area contributed by atoms with Crippen molar-refractivity contribution < 1.29 is 9.90 Å². The van der Waals surface area contributed by atoms with Gasteiger partial charge in [-0.05, 0) is 29.9 Å². The van der Waals surface area contributed by atoms with Crippen LogP contribution in [0.5, 0.6) is 0 Å². The summed E-state index contributed by atoms with van der Waals surface area (Å²) in [7, 11) is 0. The van der Waals surface area contributed by atoms with Crippen molar-refractivity contribution in [1.82, 2.24) is 0 Å². The normalized spacial score (nSPS) is 13.2. The first-order valence-electron chi connectivity index (χ1n) is 4.30. The number of hydrogen-bond donors (Lipinski definition) is 1. The molecule has 0 amide bonds. The summed E-state index contributed by atoms with van der Waals surface area (Å²) in [6.45, 7) is 5.85. The van der Waals surface area contributed by atoms with Crippen LogP contribution in [0.1, 0.15) is 30.2 Å². The van der Waals surface area contributed by atoms with Gasteiger partial charge in [-0.25, -0.2) is 0 Å². The van der Waals surface area contributed by atoms with Gasteiger partial charge in [0, 0.05) is 4.88 Å². The SMILES string of the molecule is Cc1ccsc1C(C(=O)O)C(C)C. The van der Waals surface area contributed by atoms with Crippen LogP contribution in [0.3, 0.4) is 0 Å². The van der Waals surface area contributed by atoms with Crippen molar-refractivity contribution in [2.75, 3.05) is 0 Å². The van der Waals surface area contributed by atoms with Crippen LogP contribution in [-0.2, 0) is 4.79 Å². The maximum absolute atomic E-state index is 11.0. The molecule has 0 saturated carbocycles. The Balaban J connectivity index is 3.02. The molecule has 0 spiro atoms. The number of thiophene rings is 1. The van der Waals surface area contributed by atoms with Crippen molar-refractivity contribution >= 4 is 17.3 Å². The molecule has 1 aromatic rings. The smallest absolute Gasteiger partial charge is 0.312 e. The Kier molecular flexibility index (Phi) is 3.09. The van der Waals surface area contributed by atoms with Crippen LogP contribution in [0.25, 0.3) is 0 Å². The monoisotopic (exact) mass is 198 g/mol. The molecular weight excluding hydrogens is 184 g/mol. The fraction of sp³-hybridized carbons (Fsp3) is 0.500. The number of carboxylic acid groups (broad SMARTS) is 1. The molecule has 0 saturated heterocycles. The molecule has 0 radical (unpaired) electrons. The molecule has 1 unspecified atom stereocenters. The first kappa shape index (κ1) is 10.3. The zero-order valence-electron chi connectivity index (χ0n) is 8.07. The molecule has 0 aliphatic heterocycles. The lowest BCUT2D eigenvalue weighted by Crippen LogP contribution is -2.16. The summed E-state index contributed by atoms with van der Waals surface area (Å²) in [5.41, 5.74) is 1.09. The lowest BCUT2D eigenvalue weighted by molar-refractivity contribution is -0.139. The van der Waals surface area contributed by atoms with Crippen molar-refractivity contribution in [3.05, 3.63) is 21.9 Å². The summed E-state index contributed by atoms with van der Waals surface area (Å²) < 4.78 is 0. The number of hydrogen-bond acceptors (Lipinski definition) is 2. The topological polar surface area (TPSA) is 37.3 Å². The average molecular weight is 198 g/mol. The fourth-order valence-electron chi connectivity index (χ4n) is 1.40. The van der Waals surface area contributed by atoms with E-state index in [4.69, 9.17) is 5.11 Å². The van der Waals surface area contributed by atoms with Crippen molar-refractivity contribution in [1.29, 1.82) is 0 Å². The van der Waals surface area contributed by atoms with Crippen LogP contribution in [0, 0.1) is 12.8 Å². The second-order valence-corrected chi connectivity index (χ2v) is 4.48. The number of carboxylic acids is 1. The van der Waals surface area contributed by atoms with Crippen molar-refractivity contribution in [3.8, 4) is 0 Å². The van der Waals surface area contributed by atoms with E-state index < -0.39 is 5.97 Å². The van der Waals surface area contributed by atoms with Gasteiger partial charge in [0.15, 0.2) is 0 Å². The van der Waals surface area contributed by atoms with Crippen LogP contribution in [0.4, 0.5) is 0 Å². The van der Waals surface area contributed by atoms with Crippen LogP contribution in [0.2, 0.25) is 0 Å². The van der Waals surface area contributed by atoms with Gasteiger partial charge in [0.1, 0.15) is 0 Å². The van der Waals surface area contributed by atoms with Crippen molar-refractivity contribution in [2.45, 2.75) is 26.7 Å². The molecule has 13 heavy (non-hydrogen) atoms. The molecule has 1 rings (SSSR count). The third-order valence-electron chi connectivity index (χ3n) is 2.12. The molecule has 3 heteroatoms. The summed E-state index contributed by atoms with van der Waals surface area (Å²) in [5.74, 6) is -0.921. The van der Waals surface area contributed by atoms with E-state index in [-0.39, 0.29) is 11.8 Å². The van der Waals surface area contributed by atoms with Crippen LogP contribution >= 0.6 is 11.3 Å². The van der Waals surface area contributed by atoms with E-state index in [0.29, 0.717) is 0 Å². The predicted molar refractivity (Wildman–Crippen MR) is 54.3 cm³/mol. The summed E-state index contributed by atoms with van der Waals surface area (Å²) in [6, 6.07) is 1.97. The molecule has 0 fully saturated rings. The largest absolute Gasteiger partial charge is 0.481 e. The van der Waals surface area contributed by atoms with Gasteiger partial charge in [-0.2, -0.15) is 0 Å². The highest BCUT2D eigenvalue weighted by Crippen LogP contribution is 2.31. The Morgan fingerprint density at radius 1 is 1.54 bits per heavy atom. The highest BCUT2D eigenvalue weighted by Gasteiger charge is 2.25. The Morgan fingerprint density at radius 2 is 2.15 bits per heavy atom. The minimum Gasteiger partial charge on any atom is -0.481 e. The molecular formula is C10H14O2S. The number of carbonyl (C=O) groups is 1. The highest BCUT2D eigenvalue weighted by atomic mass is 32.1. The van der Waals surface area contributed by atoms with Crippen LogP contribution in [0.15, 0.2) is 11.4 Å². The molecule has 72 valence electrons. The van der Waals surface area contributed by atoms with E-state index >= 15 is 0 Å². The van der Waals surface area contributed by atoms with Crippen LogP contribution in [-0.4, -0.2) is 11.1 Å². The number of aryl methyl sites for hydroxylation is 1. The first-order chi connectivity index (χ1) is 6.04. The highest BCUT2D eigenvalue weighted by molar-refractivity contribution is 7.10. The Hall–Kier alpha value is -0.830. The van der Waals surface area contributed by atoms with Gasteiger partial charge in [0.05, 0.1) is 5.92 Å². The minimum atomic E-state index is -0.722. The minimum absolute atomic E-state index is 0.148. The van der Waals surface area contributed by atoms with Crippen molar-refractivity contribution in [2.24, 2.45) is 5.92 Å². The summed E-state index contributed by atoms with van der Waals surface area (Å²) in [4.78, 5) is 12.0. The predicted octanol–water partition coefficient (Wildman–Crippen LogP) is 2.88. The molecule has 0 aliphatic carbocycles. The molecule has 0 aromatic carbocycles. The molecule has 0 bridgehead atoms. The zero-order chi connectivity index (χ0) is 10.0. The van der Waals surface area contributed by atoms with Gasteiger partial charge in [-0.1, -0.05) is 13.8 Å². The van der Waals surface area contributed by atoms with E-state index in [1.807, 2.05) is 32.2 Å². The first-order valence-corrected chi connectivity index (χ1v) is 5.18. The second-order valence-electron chi connectivity index (χ2n) is 3.53. The quantitative estimate of drug-likeness (QED) is 0.810. The number of aliphatic carboxylic acids is 1. The molecule has 0 aliphatic rings. The van der Waals surface area contributed by atoms with E-state index in [1.165, 1.54) is 11.3 Å². The summed E-state index contributed by atoms with van der Waals surface area (Å²) in [6.07, 6.45) is 0. The van der Waals surface area contributed by atoms with Gasteiger partial charge in [-0.3, -0.25) is 4.79 Å². The van der Waals surface area contributed by atoms with E-state index in [0.717, 1.165) is 10.4 Å². The van der Waals surface area contributed by atoms with E-state index in [9.17, 15) is 4.79 Å².